The number of carbonyl (C=O) groups excluding carboxylic acids is 4. The molecule has 14 heteroatoms. The maximum atomic E-state index is 14.1. The van der Waals surface area contributed by atoms with Crippen molar-refractivity contribution in [3.8, 4) is 0 Å². The van der Waals surface area contributed by atoms with Gasteiger partial charge in [-0.3, -0.25) is 23.7 Å². The minimum atomic E-state index is -0.881. The number of nitrogens with zero attached hydrogens (tertiary/aromatic N) is 2. The number of aromatic nitrogens is 1. The second-order valence-corrected chi connectivity index (χ2v) is 13.5. The second kappa shape index (κ2) is 12.6. The third kappa shape index (κ3) is 5.91. The van der Waals surface area contributed by atoms with Crippen molar-refractivity contribution in [2.24, 2.45) is 5.92 Å². The quantitative estimate of drug-likeness (QED) is 0.173. The molecule has 0 bridgehead atoms. The number of hydrogen-bond donors (Lipinski definition) is 1. The van der Waals surface area contributed by atoms with Crippen molar-refractivity contribution < 1.29 is 23.9 Å². The summed E-state index contributed by atoms with van der Waals surface area (Å²) in [6.45, 7) is 1.58. The lowest BCUT2D eigenvalue weighted by molar-refractivity contribution is -0.122. The van der Waals surface area contributed by atoms with Crippen LogP contribution in [0.25, 0.3) is 0 Å². The van der Waals surface area contributed by atoms with E-state index in [9.17, 15) is 24.0 Å². The van der Waals surface area contributed by atoms with E-state index in [0.717, 1.165) is 28.0 Å². The standard InChI is InChI=1S/C31H22Cl3N3O6S2/c1-2-43-30(41)16-5-10-19(11-6-16)37-27(39)24-23(15-3-7-17(32)8-4-15)26-29(44-25(24)28(37)40)36(31(42)45-26)14-22(38)35-18-9-12-20(33)21(34)13-18/h3-13,23-25H,2,14H2,1H3,(H,35,38)/t23-,24?,25?/m1/s1. The molecule has 9 nitrogen and oxygen atoms in total. The number of ether oxygens (including phenoxy) is 1. The van der Waals surface area contributed by atoms with E-state index < -0.39 is 45.6 Å². The summed E-state index contributed by atoms with van der Waals surface area (Å²) in [7, 11) is 0. The summed E-state index contributed by atoms with van der Waals surface area (Å²) in [6, 6.07) is 17.6. The molecule has 1 fully saturated rings. The lowest BCUT2D eigenvalue weighted by Gasteiger charge is -2.30. The van der Waals surface area contributed by atoms with Crippen LogP contribution in [0.3, 0.4) is 0 Å². The number of hydrogen-bond acceptors (Lipinski definition) is 8. The van der Waals surface area contributed by atoms with E-state index in [4.69, 9.17) is 39.5 Å². The van der Waals surface area contributed by atoms with Crippen molar-refractivity contribution in [3.63, 3.8) is 0 Å². The first-order chi connectivity index (χ1) is 21.6. The Morgan fingerprint density at radius 3 is 2.29 bits per heavy atom. The largest absolute Gasteiger partial charge is 0.462 e. The van der Waals surface area contributed by atoms with Gasteiger partial charge in [-0.05, 0) is 67.1 Å². The van der Waals surface area contributed by atoms with E-state index in [-0.39, 0.29) is 23.7 Å². The van der Waals surface area contributed by atoms with Gasteiger partial charge in [-0.25, -0.2) is 9.69 Å². The molecular formula is C31H22Cl3N3O6S2. The number of nitrogens with one attached hydrogen (secondary N) is 1. The van der Waals surface area contributed by atoms with Crippen molar-refractivity contribution in [2.75, 3.05) is 16.8 Å². The molecule has 2 unspecified atom stereocenters. The van der Waals surface area contributed by atoms with E-state index in [2.05, 4.69) is 5.32 Å². The summed E-state index contributed by atoms with van der Waals surface area (Å²) in [4.78, 5) is 67.9. The van der Waals surface area contributed by atoms with Gasteiger partial charge in [-0.1, -0.05) is 70.0 Å². The maximum absolute atomic E-state index is 14.1. The van der Waals surface area contributed by atoms with Gasteiger partial charge in [0.05, 0.1) is 38.8 Å². The van der Waals surface area contributed by atoms with E-state index in [1.165, 1.54) is 34.9 Å². The first kappa shape index (κ1) is 31.4. The molecule has 1 saturated heterocycles. The number of thiazole rings is 1. The predicted molar refractivity (Wildman–Crippen MR) is 175 cm³/mol. The van der Waals surface area contributed by atoms with Gasteiger partial charge < -0.3 is 10.1 Å². The zero-order valence-electron chi connectivity index (χ0n) is 23.3. The van der Waals surface area contributed by atoms with E-state index in [1.54, 1.807) is 43.3 Å². The van der Waals surface area contributed by atoms with Crippen LogP contribution in [0.1, 0.15) is 33.6 Å². The number of carbonyl (C=O) groups is 4. The third-order valence-corrected chi connectivity index (χ3v) is 11.0. The van der Waals surface area contributed by atoms with Crippen molar-refractivity contribution in [2.45, 2.75) is 29.7 Å². The Labute approximate surface area is 280 Å². The molecule has 4 aromatic rings. The zero-order chi connectivity index (χ0) is 32.0. The topological polar surface area (TPSA) is 115 Å². The first-order valence-corrected chi connectivity index (χ1v) is 16.5. The number of halogens is 3. The summed E-state index contributed by atoms with van der Waals surface area (Å²) in [5, 5.41) is 3.36. The Morgan fingerprint density at radius 2 is 1.62 bits per heavy atom. The van der Waals surface area contributed by atoms with Gasteiger partial charge in [0.1, 0.15) is 11.8 Å². The highest BCUT2D eigenvalue weighted by Gasteiger charge is 2.56. The van der Waals surface area contributed by atoms with Crippen LogP contribution in [0.4, 0.5) is 11.4 Å². The minimum absolute atomic E-state index is 0.211. The van der Waals surface area contributed by atoms with Crippen LogP contribution >= 0.6 is 57.9 Å². The molecule has 1 N–H and O–H groups in total. The molecule has 6 rings (SSSR count). The molecule has 0 saturated carbocycles. The molecule has 3 amide bonds. The van der Waals surface area contributed by atoms with Crippen molar-refractivity contribution in [1.29, 1.82) is 0 Å². The first-order valence-electron chi connectivity index (χ1n) is 13.6. The highest BCUT2D eigenvalue weighted by molar-refractivity contribution is 8.00. The third-order valence-electron chi connectivity index (χ3n) is 7.42. The summed E-state index contributed by atoms with van der Waals surface area (Å²) in [6.07, 6.45) is 0. The SMILES string of the molecule is CCOC(=O)c1ccc(N2C(=O)C3Sc4c(sc(=O)n4CC(=O)Nc4ccc(Cl)c(Cl)c4)[C@H](c4ccc(Cl)cc4)C3C2=O)cc1. The number of rotatable bonds is 7. The molecule has 0 radical (unpaired) electrons. The molecule has 3 aromatic carbocycles. The van der Waals surface area contributed by atoms with Gasteiger partial charge in [0, 0.05) is 21.5 Å². The number of amides is 3. The Balaban J connectivity index is 1.36. The molecule has 2 aliphatic heterocycles. The highest BCUT2D eigenvalue weighted by atomic mass is 35.5. The van der Waals surface area contributed by atoms with Crippen molar-refractivity contribution >= 4 is 93.0 Å². The zero-order valence-corrected chi connectivity index (χ0v) is 27.2. The predicted octanol–water partition coefficient (Wildman–Crippen LogP) is 6.48. The molecule has 0 spiro atoms. The lowest BCUT2D eigenvalue weighted by Crippen LogP contribution is -2.33. The van der Waals surface area contributed by atoms with Crippen LogP contribution in [0.5, 0.6) is 0 Å². The highest BCUT2D eigenvalue weighted by Crippen LogP contribution is 2.54. The minimum Gasteiger partial charge on any atom is -0.462 e. The fourth-order valence-corrected chi connectivity index (χ4v) is 8.62. The lowest BCUT2D eigenvalue weighted by atomic mass is 9.83. The van der Waals surface area contributed by atoms with Crippen LogP contribution in [-0.2, 0) is 25.7 Å². The van der Waals surface area contributed by atoms with E-state index in [1.807, 2.05) is 0 Å². The summed E-state index contributed by atoms with van der Waals surface area (Å²) in [5.74, 6) is -3.39. The molecule has 0 aliphatic carbocycles. The number of fused-ring (bicyclic) bond motifs is 2. The molecular weight excluding hydrogens is 681 g/mol. The fourth-order valence-electron chi connectivity index (χ4n) is 5.42. The maximum Gasteiger partial charge on any atom is 0.338 e. The Bertz CT molecular complexity index is 1910. The number of imide groups is 1. The Hall–Kier alpha value is -3.61. The molecule has 45 heavy (non-hydrogen) atoms. The van der Waals surface area contributed by atoms with E-state index >= 15 is 0 Å². The summed E-state index contributed by atoms with van der Waals surface area (Å²) < 4.78 is 6.36. The average molecular weight is 703 g/mol. The average Bonchev–Trinajstić information content (AvgIpc) is 3.46. The van der Waals surface area contributed by atoms with Crippen LogP contribution < -0.4 is 15.1 Å². The van der Waals surface area contributed by atoms with Crippen LogP contribution in [0.2, 0.25) is 15.1 Å². The number of benzene rings is 3. The van der Waals surface area contributed by atoms with Gasteiger partial charge in [0.25, 0.3) is 0 Å². The van der Waals surface area contributed by atoms with Gasteiger partial charge in [0.2, 0.25) is 17.7 Å². The van der Waals surface area contributed by atoms with E-state index in [0.29, 0.717) is 36.9 Å². The van der Waals surface area contributed by atoms with Gasteiger partial charge >= 0.3 is 10.8 Å². The van der Waals surface area contributed by atoms with Crippen LogP contribution in [0.15, 0.2) is 76.6 Å². The summed E-state index contributed by atoms with van der Waals surface area (Å²) >= 11 is 20.3. The Kier molecular flexibility index (Phi) is 8.82. The number of thioether (sulfide) groups is 1. The summed E-state index contributed by atoms with van der Waals surface area (Å²) in [5.41, 5.74) is 1.70. The second-order valence-electron chi connectivity index (χ2n) is 10.2. The van der Waals surface area contributed by atoms with Gasteiger partial charge in [0.15, 0.2) is 0 Å². The molecule has 3 heterocycles. The monoisotopic (exact) mass is 701 g/mol. The molecule has 3 atom stereocenters. The molecule has 230 valence electrons. The van der Waals surface area contributed by atoms with Gasteiger partial charge in [-0.15, -0.1) is 0 Å². The van der Waals surface area contributed by atoms with Crippen LogP contribution in [0, 0.1) is 5.92 Å². The van der Waals surface area contributed by atoms with Crippen molar-refractivity contribution in [3.05, 3.63) is 107 Å². The smallest absolute Gasteiger partial charge is 0.338 e. The number of anilines is 2. The van der Waals surface area contributed by atoms with Crippen molar-refractivity contribution in [1.82, 2.24) is 4.57 Å². The normalized spacial score (nSPS) is 18.8. The van der Waals surface area contributed by atoms with Gasteiger partial charge in [-0.2, -0.15) is 0 Å². The molecule has 2 aliphatic rings. The van der Waals surface area contributed by atoms with Crippen LogP contribution in [-0.4, -0.2) is 40.1 Å². The fraction of sp³-hybridized carbons (Fsp3) is 0.194. The Morgan fingerprint density at radius 1 is 0.911 bits per heavy atom. The molecule has 1 aromatic heterocycles. The number of esters is 1.